The van der Waals surface area contributed by atoms with Crippen LogP contribution in [-0.4, -0.2) is 36.6 Å². The number of fused-ring (bicyclic) bond motifs is 3. The minimum atomic E-state index is -0.627. The maximum atomic E-state index is 13.5. The van der Waals surface area contributed by atoms with Crippen LogP contribution in [0.1, 0.15) is 60.1 Å². The second-order valence-corrected chi connectivity index (χ2v) is 8.75. The molecule has 31 heavy (non-hydrogen) atoms. The van der Waals surface area contributed by atoms with Crippen molar-refractivity contribution in [3.63, 3.8) is 0 Å². The fraction of sp³-hybridized carbons (Fsp3) is 0.417. The summed E-state index contributed by atoms with van der Waals surface area (Å²) in [7, 11) is 0. The topological polar surface area (TPSA) is 93.9 Å². The van der Waals surface area contributed by atoms with Gasteiger partial charge in [0, 0.05) is 23.2 Å². The van der Waals surface area contributed by atoms with Crippen molar-refractivity contribution in [1.82, 2.24) is 4.90 Å². The Morgan fingerprint density at radius 3 is 2.35 bits per heavy atom. The Balaban J connectivity index is 1.51. The lowest BCUT2D eigenvalue weighted by Crippen LogP contribution is -2.48. The first-order valence-electron chi connectivity index (χ1n) is 10.9. The van der Waals surface area contributed by atoms with E-state index in [1.165, 1.54) is 5.56 Å². The molecule has 1 saturated carbocycles. The Kier molecular flexibility index (Phi) is 4.76. The van der Waals surface area contributed by atoms with Crippen LogP contribution in [0, 0.1) is 0 Å². The molecule has 3 amide bonds. The molecule has 7 nitrogen and oxygen atoms in total. The second-order valence-electron chi connectivity index (χ2n) is 8.75. The van der Waals surface area contributed by atoms with E-state index in [0.29, 0.717) is 31.0 Å². The van der Waals surface area contributed by atoms with Gasteiger partial charge < -0.3 is 25.4 Å². The van der Waals surface area contributed by atoms with Crippen LogP contribution in [0.5, 0.6) is 11.5 Å². The molecule has 162 valence electrons. The van der Waals surface area contributed by atoms with Crippen molar-refractivity contribution in [2.24, 2.45) is 5.73 Å². The van der Waals surface area contributed by atoms with Gasteiger partial charge in [0.1, 0.15) is 13.2 Å². The van der Waals surface area contributed by atoms with Gasteiger partial charge in [-0.05, 0) is 67.3 Å². The number of rotatable bonds is 2. The maximum Gasteiger partial charge on any atom is 0.316 e. The van der Waals surface area contributed by atoms with Crippen molar-refractivity contribution in [3.8, 4) is 11.5 Å². The number of carbonyl (C=O) groups excluding carboxylic acids is 2. The van der Waals surface area contributed by atoms with E-state index in [0.717, 1.165) is 42.7 Å². The first-order chi connectivity index (χ1) is 15.0. The van der Waals surface area contributed by atoms with E-state index >= 15 is 0 Å². The van der Waals surface area contributed by atoms with E-state index in [1.54, 1.807) is 24.3 Å². The number of hydrogen-bond donors (Lipinski definition) is 2. The lowest BCUT2D eigenvalue weighted by Gasteiger charge is -2.46. The first kappa shape index (κ1) is 19.7. The number of nitrogens with one attached hydrogen (secondary N) is 1. The van der Waals surface area contributed by atoms with Gasteiger partial charge in [-0.15, -0.1) is 0 Å². The van der Waals surface area contributed by atoms with Crippen LogP contribution in [0.2, 0.25) is 0 Å². The molecular formula is C24H27N3O4. The van der Waals surface area contributed by atoms with Gasteiger partial charge in [0.15, 0.2) is 11.5 Å². The first-order valence-corrected chi connectivity index (χ1v) is 10.9. The molecule has 0 radical (unpaired) electrons. The average molecular weight is 421 g/mol. The summed E-state index contributed by atoms with van der Waals surface area (Å²) in [4.78, 5) is 26.6. The number of nitrogens with two attached hydrogens (primary N) is 1. The number of benzene rings is 2. The van der Waals surface area contributed by atoms with Crippen molar-refractivity contribution < 1.29 is 19.1 Å². The molecule has 1 aliphatic carbocycles. The van der Waals surface area contributed by atoms with Gasteiger partial charge in [-0.1, -0.05) is 12.8 Å². The molecule has 0 saturated heterocycles. The van der Waals surface area contributed by atoms with Gasteiger partial charge >= 0.3 is 6.03 Å². The zero-order valence-electron chi connectivity index (χ0n) is 17.6. The molecule has 2 aromatic carbocycles. The minimum absolute atomic E-state index is 0.00932. The van der Waals surface area contributed by atoms with Gasteiger partial charge in [0.05, 0.1) is 6.04 Å². The highest BCUT2D eigenvalue weighted by molar-refractivity contribution is 5.96. The zero-order chi connectivity index (χ0) is 21.6. The Labute approximate surface area is 181 Å². The molecule has 2 aliphatic heterocycles. The van der Waals surface area contributed by atoms with Gasteiger partial charge in [-0.3, -0.25) is 4.79 Å². The van der Waals surface area contributed by atoms with Crippen molar-refractivity contribution in [2.75, 3.05) is 25.1 Å². The molecule has 3 N–H and O–H groups in total. The van der Waals surface area contributed by atoms with Crippen LogP contribution in [0.3, 0.4) is 0 Å². The summed E-state index contributed by atoms with van der Waals surface area (Å²) in [5.41, 5.74) is 8.76. The third-order valence-corrected chi connectivity index (χ3v) is 6.90. The van der Waals surface area contributed by atoms with Gasteiger partial charge in [-0.2, -0.15) is 0 Å². The fourth-order valence-corrected chi connectivity index (χ4v) is 5.36. The van der Waals surface area contributed by atoms with E-state index in [1.807, 2.05) is 4.90 Å². The Morgan fingerprint density at radius 2 is 1.71 bits per heavy atom. The molecule has 1 spiro atoms. The highest BCUT2D eigenvalue weighted by Gasteiger charge is 2.46. The largest absolute Gasteiger partial charge is 0.486 e. The van der Waals surface area contributed by atoms with E-state index in [4.69, 9.17) is 15.2 Å². The van der Waals surface area contributed by atoms with Crippen LogP contribution in [0.4, 0.5) is 10.5 Å². The zero-order valence-corrected chi connectivity index (χ0v) is 17.6. The Morgan fingerprint density at radius 1 is 1.06 bits per heavy atom. The van der Waals surface area contributed by atoms with Crippen molar-refractivity contribution in [3.05, 3.63) is 53.1 Å². The lowest BCUT2D eigenvalue weighted by atomic mass is 9.71. The molecule has 5 rings (SSSR count). The third-order valence-electron chi connectivity index (χ3n) is 6.90. The van der Waals surface area contributed by atoms with Crippen LogP contribution in [0.25, 0.3) is 0 Å². The van der Waals surface area contributed by atoms with E-state index < -0.39 is 6.03 Å². The molecule has 3 aliphatic rings. The number of anilines is 1. The number of hydrogen-bond acceptors (Lipinski definition) is 4. The molecule has 1 atom stereocenters. The third kappa shape index (κ3) is 3.38. The summed E-state index contributed by atoms with van der Waals surface area (Å²) in [6.45, 7) is 3.89. The van der Waals surface area contributed by atoms with Crippen LogP contribution >= 0.6 is 0 Å². The van der Waals surface area contributed by atoms with Gasteiger partial charge in [-0.25, -0.2) is 4.79 Å². The number of ether oxygens (including phenoxy) is 2. The summed E-state index contributed by atoms with van der Waals surface area (Å²) in [5.74, 6) is 1.58. The molecule has 7 heteroatoms. The summed E-state index contributed by atoms with van der Waals surface area (Å²) in [6, 6.07) is 10.4. The van der Waals surface area contributed by atoms with E-state index in [-0.39, 0.29) is 17.4 Å². The summed E-state index contributed by atoms with van der Waals surface area (Å²) in [6.07, 6.45) is 4.46. The number of carbonyl (C=O) groups is 2. The predicted molar refractivity (Wildman–Crippen MR) is 117 cm³/mol. The molecule has 1 unspecified atom stereocenters. The van der Waals surface area contributed by atoms with E-state index in [2.05, 4.69) is 24.4 Å². The number of amides is 3. The van der Waals surface area contributed by atoms with Crippen molar-refractivity contribution >= 4 is 17.6 Å². The highest BCUT2D eigenvalue weighted by atomic mass is 16.6. The molecular weight excluding hydrogens is 394 g/mol. The van der Waals surface area contributed by atoms with Gasteiger partial charge in [0.2, 0.25) is 0 Å². The smallest absolute Gasteiger partial charge is 0.316 e. The normalized spacial score (nSPS) is 20.9. The second kappa shape index (κ2) is 7.48. The molecule has 2 aromatic rings. The lowest BCUT2D eigenvalue weighted by molar-refractivity contribution is 0.0593. The van der Waals surface area contributed by atoms with E-state index in [9.17, 15) is 9.59 Å². The SMILES string of the molecule is CC1c2cc3c(cc2C2(CCCC2)CN1C(=O)c1ccc(NC(N)=O)cc1)OCCO3. The minimum Gasteiger partial charge on any atom is -0.486 e. The monoisotopic (exact) mass is 421 g/mol. The Bertz CT molecular complexity index is 1030. The maximum absolute atomic E-state index is 13.5. The van der Waals surface area contributed by atoms with Crippen LogP contribution in [0.15, 0.2) is 36.4 Å². The molecule has 0 bridgehead atoms. The Hall–Kier alpha value is -3.22. The van der Waals surface area contributed by atoms with Crippen molar-refractivity contribution in [2.45, 2.75) is 44.1 Å². The number of nitrogens with zero attached hydrogens (tertiary/aromatic N) is 1. The average Bonchev–Trinajstić information content (AvgIpc) is 3.24. The van der Waals surface area contributed by atoms with Crippen molar-refractivity contribution in [1.29, 1.82) is 0 Å². The molecule has 0 aromatic heterocycles. The molecule has 1 fully saturated rings. The predicted octanol–water partition coefficient (Wildman–Crippen LogP) is 3.98. The summed E-state index contributed by atoms with van der Waals surface area (Å²) < 4.78 is 11.7. The fourth-order valence-electron chi connectivity index (χ4n) is 5.36. The standard InChI is InChI=1S/C24H27N3O4/c1-15-18-12-20-21(31-11-10-30-20)13-19(18)24(8-2-3-9-24)14-27(15)22(28)16-4-6-17(7-5-16)26-23(25)29/h4-7,12-13,15H,2-3,8-11,14H2,1H3,(H3,25,26,29). The number of urea groups is 1. The molecule has 2 heterocycles. The number of primary amides is 1. The van der Waals surface area contributed by atoms with Crippen LogP contribution < -0.4 is 20.5 Å². The van der Waals surface area contributed by atoms with Gasteiger partial charge in [0.25, 0.3) is 5.91 Å². The summed E-state index contributed by atoms with van der Waals surface area (Å²) >= 11 is 0. The summed E-state index contributed by atoms with van der Waals surface area (Å²) in [5, 5.41) is 2.53. The van der Waals surface area contributed by atoms with Crippen LogP contribution in [-0.2, 0) is 5.41 Å². The quantitative estimate of drug-likeness (QED) is 0.767. The highest BCUT2D eigenvalue weighted by Crippen LogP contribution is 2.52.